The summed E-state index contributed by atoms with van der Waals surface area (Å²) in [6.07, 6.45) is 2.40. The molecule has 0 aliphatic carbocycles. The standard InChI is InChI=1S/C18H32N2O/c1-7-8-15(6)12-21-18-10-16(11-19-14(4)5)9-17(20-18)13(2)3/h9-10,13-15,19H,7-8,11-12H2,1-6H3. The molecule has 1 atom stereocenters. The van der Waals surface area contributed by atoms with Gasteiger partial charge in [0.1, 0.15) is 0 Å². The van der Waals surface area contributed by atoms with Gasteiger partial charge in [-0.05, 0) is 29.9 Å². The van der Waals surface area contributed by atoms with Crippen LogP contribution in [0.25, 0.3) is 0 Å². The van der Waals surface area contributed by atoms with Crippen LogP contribution in [0.1, 0.15) is 71.6 Å². The highest BCUT2D eigenvalue weighted by Crippen LogP contribution is 2.20. The van der Waals surface area contributed by atoms with Crippen molar-refractivity contribution in [3.05, 3.63) is 23.4 Å². The van der Waals surface area contributed by atoms with E-state index in [1.54, 1.807) is 0 Å². The van der Waals surface area contributed by atoms with E-state index in [0.29, 0.717) is 17.9 Å². The van der Waals surface area contributed by atoms with E-state index in [-0.39, 0.29) is 0 Å². The Morgan fingerprint density at radius 2 is 1.86 bits per heavy atom. The molecule has 1 heterocycles. The molecule has 0 saturated carbocycles. The van der Waals surface area contributed by atoms with Crippen molar-refractivity contribution < 1.29 is 4.74 Å². The number of rotatable bonds is 9. The Balaban J connectivity index is 2.76. The second-order valence-electron chi connectivity index (χ2n) is 6.63. The van der Waals surface area contributed by atoms with Gasteiger partial charge in [-0.2, -0.15) is 0 Å². The number of hydrogen-bond donors (Lipinski definition) is 1. The molecule has 21 heavy (non-hydrogen) atoms. The zero-order valence-corrected chi connectivity index (χ0v) is 14.6. The molecule has 0 amide bonds. The van der Waals surface area contributed by atoms with Gasteiger partial charge in [-0.3, -0.25) is 0 Å². The topological polar surface area (TPSA) is 34.1 Å². The number of pyridine rings is 1. The maximum atomic E-state index is 5.92. The first-order valence-corrected chi connectivity index (χ1v) is 8.29. The lowest BCUT2D eigenvalue weighted by molar-refractivity contribution is 0.242. The predicted molar refractivity (Wildman–Crippen MR) is 89.9 cm³/mol. The van der Waals surface area contributed by atoms with Crippen LogP contribution in [-0.4, -0.2) is 17.6 Å². The maximum Gasteiger partial charge on any atom is 0.213 e. The van der Waals surface area contributed by atoms with Crippen molar-refractivity contribution in [3.63, 3.8) is 0 Å². The summed E-state index contributed by atoms with van der Waals surface area (Å²) < 4.78 is 5.92. The summed E-state index contributed by atoms with van der Waals surface area (Å²) in [6, 6.07) is 4.73. The Morgan fingerprint density at radius 1 is 1.14 bits per heavy atom. The quantitative estimate of drug-likeness (QED) is 0.726. The van der Waals surface area contributed by atoms with Gasteiger partial charge in [-0.15, -0.1) is 0 Å². The number of nitrogens with one attached hydrogen (secondary N) is 1. The fraction of sp³-hybridized carbons (Fsp3) is 0.722. The first kappa shape index (κ1) is 18.0. The van der Waals surface area contributed by atoms with Crippen molar-refractivity contribution in [2.75, 3.05) is 6.61 Å². The van der Waals surface area contributed by atoms with Crippen molar-refractivity contribution in [2.45, 2.75) is 72.9 Å². The molecule has 0 fully saturated rings. The van der Waals surface area contributed by atoms with E-state index in [1.807, 2.05) is 0 Å². The van der Waals surface area contributed by atoms with E-state index in [4.69, 9.17) is 4.74 Å². The van der Waals surface area contributed by atoms with Crippen molar-refractivity contribution >= 4 is 0 Å². The minimum atomic E-state index is 0.416. The highest BCUT2D eigenvalue weighted by molar-refractivity contribution is 5.26. The minimum absolute atomic E-state index is 0.416. The summed E-state index contributed by atoms with van der Waals surface area (Å²) in [7, 11) is 0. The molecule has 1 N–H and O–H groups in total. The smallest absolute Gasteiger partial charge is 0.213 e. The first-order valence-electron chi connectivity index (χ1n) is 8.29. The number of nitrogens with zero attached hydrogens (tertiary/aromatic N) is 1. The molecule has 0 spiro atoms. The summed E-state index contributed by atoms with van der Waals surface area (Å²) in [6.45, 7) is 14.7. The monoisotopic (exact) mass is 292 g/mol. The molecule has 1 rings (SSSR count). The van der Waals surface area contributed by atoms with Gasteiger partial charge >= 0.3 is 0 Å². The number of aromatic nitrogens is 1. The normalized spacial score (nSPS) is 13.0. The van der Waals surface area contributed by atoms with Crippen LogP contribution in [0.4, 0.5) is 0 Å². The van der Waals surface area contributed by atoms with Crippen LogP contribution in [0.15, 0.2) is 12.1 Å². The lowest BCUT2D eigenvalue weighted by atomic mass is 10.1. The number of ether oxygens (including phenoxy) is 1. The maximum absolute atomic E-state index is 5.92. The van der Waals surface area contributed by atoms with Gasteiger partial charge < -0.3 is 10.1 Å². The molecule has 3 heteroatoms. The Morgan fingerprint density at radius 3 is 2.43 bits per heavy atom. The van der Waals surface area contributed by atoms with Crippen LogP contribution < -0.4 is 10.1 Å². The van der Waals surface area contributed by atoms with Crippen LogP contribution in [-0.2, 0) is 6.54 Å². The van der Waals surface area contributed by atoms with Crippen molar-refractivity contribution in [1.29, 1.82) is 0 Å². The average molecular weight is 292 g/mol. The highest BCUT2D eigenvalue weighted by atomic mass is 16.5. The molecule has 1 aromatic rings. The largest absolute Gasteiger partial charge is 0.477 e. The molecule has 3 nitrogen and oxygen atoms in total. The molecular formula is C18H32N2O. The van der Waals surface area contributed by atoms with E-state index in [9.17, 15) is 0 Å². The van der Waals surface area contributed by atoms with E-state index >= 15 is 0 Å². The van der Waals surface area contributed by atoms with Gasteiger partial charge in [0, 0.05) is 24.3 Å². The Bertz CT molecular complexity index is 416. The van der Waals surface area contributed by atoms with Crippen molar-refractivity contribution in [3.8, 4) is 5.88 Å². The number of hydrogen-bond acceptors (Lipinski definition) is 3. The van der Waals surface area contributed by atoms with Crippen LogP contribution >= 0.6 is 0 Å². The molecule has 0 saturated heterocycles. The Labute approximate surface area is 130 Å². The first-order chi connectivity index (χ1) is 9.92. The third-order valence-electron chi connectivity index (χ3n) is 3.48. The molecule has 0 aliphatic heterocycles. The molecule has 0 radical (unpaired) electrons. The molecule has 1 unspecified atom stereocenters. The van der Waals surface area contributed by atoms with Gasteiger partial charge in [-0.25, -0.2) is 4.98 Å². The van der Waals surface area contributed by atoms with E-state index in [0.717, 1.165) is 24.7 Å². The minimum Gasteiger partial charge on any atom is -0.477 e. The van der Waals surface area contributed by atoms with Gasteiger partial charge in [-0.1, -0.05) is 48.0 Å². The summed E-state index contributed by atoms with van der Waals surface area (Å²) >= 11 is 0. The van der Waals surface area contributed by atoms with Crippen LogP contribution in [0, 0.1) is 5.92 Å². The average Bonchev–Trinajstić information content (AvgIpc) is 2.43. The van der Waals surface area contributed by atoms with Gasteiger partial charge in [0.25, 0.3) is 0 Å². The zero-order chi connectivity index (χ0) is 15.8. The van der Waals surface area contributed by atoms with E-state index < -0.39 is 0 Å². The summed E-state index contributed by atoms with van der Waals surface area (Å²) in [5, 5.41) is 3.46. The fourth-order valence-electron chi connectivity index (χ4n) is 2.18. The van der Waals surface area contributed by atoms with Crippen LogP contribution in [0.2, 0.25) is 0 Å². The van der Waals surface area contributed by atoms with Gasteiger partial charge in [0.05, 0.1) is 6.61 Å². The third-order valence-corrected chi connectivity index (χ3v) is 3.48. The Hall–Kier alpha value is -1.09. The second-order valence-corrected chi connectivity index (χ2v) is 6.63. The lowest BCUT2D eigenvalue weighted by Gasteiger charge is -2.15. The molecule has 1 aromatic heterocycles. The Kier molecular flexibility index (Phi) is 7.73. The summed E-state index contributed by atoms with van der Waals surface area (Å²) in [5.74, 6) is 1.76. The third kappa shape index (κ3) is 6.94. The zero-order valence-electron chi connectivity index (χ0n) is 14.6. The fourth-order valence-corrected chi connectivity index (χ4v) is 2.18. The van der Waals surface area contributed by atoms with Crippen molar-refractivity contribution in [1.82, 2.24) is 10.3 Å². The molecule has 0 aromatic carbocycles. The summed E-state index contributed by atoms with van der Waals surface area (Å²) in [4.78, 5) is 4.64. The lowest BCUT2D eigenvalue weighted by Crippen LogP contribution is -2.22. The molecule has 0 aliphatic rings. The SMILES string of the molecule is CCCC(C)COc1cc(CNC(C)C)cc(C(C)C)n1. The van der Waals surface area contributed by atoms with Crippen LogP contribution in [0.5, 0.6) is 5.88 Å². The second kappa shape index (κ2) is 9.04. The highest BCUT2D eigenvalue weighted by Gasteiger charge is 2.09. The van der Waals surface area contributed by atoms with Gasteiger partial charge in [0.2, 0.25) is 5.88 Å². The van der Waals surface area contributed by atoms with Gasteiger partial charge in [0.15, 0.2) is 0 Å². The van der Waals surface area contributed by atoms with Crippen LogP contribution in [0.3, 0.4) is 0 Å². The molecular weight excluding hydrogens is 260 g/mol. The molecule has 120 valence electrons. The van der Waals surface area contributed by atoms with Crippen molar-refractivity contribution in [2.24, 2.45) is 5.92 Å². The molecule has 0 bridgehead atoms. The van der Waals surface area contributed by atoms with E-state index in [2.05, 4.69) is 64.0 Å². The summed E-state index contributed by atoms with van der Waals surface area (Å²) in [5.41, 5.74) is 2.36. The predicted octanol–water partition coefficient (Wildman–Crippen LogP) is 4.52. The van der Waals surface area contributed by atoms with E-state index in [1.165, 1.54) is 18.4 Å².